The van der Waals surface area contributed by atoms with Crippen LogP contribution in [0.25, 0.3) is 0 Å². The largest absolute Gasteiger partial charge is 0.491 e. The molecule has 0 saturated carbocycles. The van der Waals surface area contributed by atoms with Crippen LogP contribution in [0.2, 0.25) is 0 Å². The minimum absolute atomic E-state index is 0.0874. The van der Waals surface area contributed by atoms with Gasteiger partial charge in [0.05, 0.1) is 18.4 Å². The number of ether oxygens (including phenoxy) is 3. The molecule has 6 nitrogen and oxygen atoms in total. The highest BCUT2D eigenvalue weighted by molar-refractivity contribution is 7.89. The summed E-state index contributed by atoms with van der Waals surface area (Å²) in [6.07, 6.45) is 1.36. The lowest BCUT2D eigenvalue weighted by Crippen LogP contribution is -2.44. The Hall–Kier alpha value is -1.31. The van der Waals surface area contributed by atoms with Crippen LogP contribution in [0.4, 0.5) is 0 Å². The van der Waals surface area contributed by atoms with Crippen molar-refractivity contribution in [3.63, 3.8) is 0 Å². The van der Waals surface area contributed by atoms with E-state index >= 15 is 0 Å². The van der Waals surface area contributed by atoms with E-state index in [1.165, 1.54) is 0 Å². The molecule has 148 valence electrons. The van der Waals surface area contributed by atoms with Crippen LogP contribution < -0.4 is 9.47 Å². The second-order valence-electron chi connectivity index (χ2n) is 7.13. The second kappa shape index (κ2) is 8.59. The molecule has 0 spiro atoms. The smallest absolute Gasteiger partial charge is 0.214 e. The fourth-order valence-corrected chi connectivity index (χ4v) is 4.63. The Morgan fingerprint density at radius 3 is 2.62 bits per heavy atom. The molecule has 1 aromatic carbocycles. The molecule has 1 aliphatic heterocycles. The maximum absolute atomic E-state index is 12.7. The summed E-state index contributed by atoms with van der Waals surface area (Å²) in [6, 6.07) is 5.36. The molecular formula is C19H31NO5S. The van der Waals surface area contributed by atoms with Gasteiger partial charge in [-0.3, -0.25) is 0 Å². The molecule has 0 fully saturated rings. The van der Waals surface area contributed by atoms with Crippen LogP contribution in [-0.2, 0) is 14.8 Å². The van der Waals surface area contributed by atoms with Crippen molar-refractivity contribution < 1.29 is 22.6 Å². The van der Waals surface area contributed by atoms with Crippen LogP contribution in [0.15, 0.2) is 18.2 Å². The Kier molecular flexibility index (Phi) is 6.93. The Morgan fingerprint density at radius 1 is 1.27 bits per heavy atom. The van der Waals surface area contributed by atoms with Gasteiger partial charge in [-0.15, -0.1) is 0 Å². The van der Waals surface area contributed by atoms with Crippen molar-refractivity contribution in [3.8, 4) is 11.5 Å². The molecule has 1 atom stereocenters. The third-order valence-corrected chi connectivity index (χ3v) is 6.36. The zero-order valence-corrected chi connectivity index (χ0v) is 17.3. The van der Waals surface area contributed by atoms with Gasteiger partial charge in [-0.1, -0.05) is 6.92 Å². The number of methoxy groups -OCH3 is 1. The summed E-state index contributed by atoms with van der Waals surface area (Å²) in [6.45, 7) is 9.10. The molecule has 0 bridgehead atoms. The van der Waals surface area contributed by atoms with Gasteiger partial charge in [-0.05, 0) is 45.4 Å². The van der Waals surface area contributed by atoms with Gasteiger partial charge >= 0.3 is 0 Å². The lowest BCUT2D eigenvalue weighted by atomic mass is 9.89. The van der Waals surface area contributed by atoms with Gasteiger partial charge in [0.1, 0.15) is 23.7 Å². The van der Waals surface area contributed by atoms with Gasteiger partial charge in [0.15, 0.2) is 0 Å². The second-order valence-corrected chi connectivity index (χ2v) is 9.34. The summed E-state index contributed by atoms with van der Waals surface area (Å²) in [4.78, 5) is 0. The molecule has 1 aromatic rings. The van der Waals surface area contributed by atoms with Crippen LogP contribution >= 0.6 is 0 Å². The predicted octanol–water partition coefficient (Wildman–Crippen LogP) is 3.38. The van der Waals surface area contributed by atoms with E-state index in [9.17, 15) is 8.42 Å². The molecule has 0 radical (unpaired) electrons. The zero-order chi connectivity index (χ0) is 19.4. The number of rotatable bonds is 9. The van der Waals surface area contributed by atoms with Gasteiger partial charge in [0.2, 0.25) is 10.0 Å². The van der Waals surface area contributed by atoms with E-state index in [4.69, 9.17) is 14.2 Å². The predicted molar refractivity (Wildman–Crippen MR) is 102 cm³/mol. The average Bonchev–Trinajstić information content (AvgIpc) is 2.59. The summed E-state index contributed by atoms with van der Waals surface area (Å²) < 4.78 is 44.0. The van der Waals surface area contributed by atoms with Crippen molar-refractivity contribution in [2.24, 2.45) is 0 Å². The van der Waals surface area contributed by atoms with Crippen LogP contribution in [0.5, 0.6) is 11.5 Å². The van der Waals surface area contributed by atoms with E-state index in [0.29, 0.717) is 31.9 Å². The fraction of sp³-hybridized carbons (Fsp3) is 0.684. The summed E-state index contributed by atoms with van der Waals surface area (Å²) >= 11 is 0. The maximum Gasteiger partial charge on any atom is 0.214 e. The Morgan fingerprint density at radius 2 is 2.00 bits per heavy atom. The lowest BCUT2D eigenvalue weighted by Gasteiger charge is -2.42. The standard InChI is InChI=1S/C19H31NO5S/c1-6-10-20(26(21,22)7-2)17-14-19(3,4)25-18-9-8-15(13-16(17)18)24-12-11-23-5/h8-9,13,17H,6-7,10-12,14H2,1-5H3. The quantitative estimate of drug-likeness (QED) is 0.610. The van der Waals surface area contributed by atoms with Crippen LogP contribution in [0.1, 0.15) is 52.1 Å². The van der Waals surface area contributed by atoms with Gasteiger partial charge in [-0.2, -0.15) is 4.31 Å². The third kappa shape index (κ3) is 4.90. The summed E-state index contributed by atoms with van der Waals surface area (Å²) in [7, 11) is -1.71. The van der Waals surface area contributed by atoms with E-state index in [0.717, 1.165) is 17.7 Å². The molecule has 2 rings (SSSR count). The van der Waals surface area contributed by atoms with Crippen molar-refractivity contribution in [2.45, 2.75) is 52.2 Å². The molecular weight excluding hydrogens is 354 g/mol. The zero-order valence-electron chi connectivity index (χ0n) is 16.4. The minimum Gasteiger partial charge on any atom is -0.491 e. The summed E-state index contributed by atoms with van der Waals surface area (Å²) in [5.74, 6) is 1.50. The molecule has 0 aromatic heterocycles. The van der Waals surface area contributed by atoms with Crippen molar-refractivity contribution in [1.29, 1.82) is 0 Å². The minimum atomic E-state index is -3.33. The third-order valence-electron chi connectivity index (χ3n) is 4.48. The molecule has 7 heteroatoms. The van der Waals surface area contributed by atoms with E-state index < -0.39 is 15.6 Å². The van der Waals surface area contributed by atoms with Gasteiger partial charge < -0.3 is 14.2 Å². The summed E-state index contributed by atoms with van der Waals surface area (Å²) in [5.41, 5.74) is 0.426. The van der Waals surface area contributed by atoms with Crippen molar-refractivity contribution in [3.05, 3.63) is 23.8 Å². The Bertz CT molecular complexity index is 702. The molecule has 0 aliphatic carbocycles. The van der Waals surface area contributed by atoms with Crippen molar-refractivity contribution in [1.82, 2.24) is 4.31 Å². The van der Waals surface area contributed by atoms with E-state index in [-0.39, 0.29) is 11.8 Å². The van der Waals surface area contributed by atoms with E-state index in [1.54, 1.807) is 18.3 Å². The first-order chi connectivity index (χ1) is 12.2. The topological polar surface area (TPSA) is 65.1 Å². The highest BCUT2D eigenvalue weighted by Gasteiger charge is 2.40. The van der Waals surface area contributed by atoms with E-state index in [1.807, 2.05) is 39.0 Å². The SMILES string of the molecule is CCCN(C1CC(C)(C)Oc2ccc(OCCOC)cc21)S(=O)(=O)CC. The monoisotopic (exact) mass is 385 g/mol. The Balaban J connectivity index is 2.44. The highest BCUT2D eigenvalue weighted by Crippen LogP contribution is 2.45. The lowest BCUT2D eigenvalue weighted by molar-refractivity contribution is 0.0500. The van der Waals surface area contributed by atoms with Gasteiger partial charge in [0, 0.05) is 25.6 Å². The molecule has 0 amide bonds. The highest BCUT2D eigenvalue weighted by atomic mass is 32.2. The van der Waals surface area contributed by atoms with Crippen LogP contribution in [0.3, 0.4) is 0 Å². The fourth-order valence-electron chi connectivity index (χ4n) is 3.26. The van der Waals surface area contributed by atoms with Crippen molar-refractivity contribution in [2.75, 3.05) is 32.6 Å². The van der Waals surface area contributed by atoms with Gasteiger partial charge in [-0.25, -0.2) is 8.42 Å². The number of fused-ring (bicyclic) bond motifs is 1. The molecule has 26 heavy (non-hydrogen) atoms. The molecule has 1 heterocycles. The van der Waals surface area contributed by atoms with Crippen molar-refractivity contribution >= 4 is 10.0 Å². The number of hydrogen-bond donors (Lipinski definition) is 0. The summed E-state index contributed by atoms with van der Waals surface area (Å²) in [5, 5.41) is 0. The molecule has 0 N–H and O–H groups in total. The number of sulfonamides is 1. The number of nitrogens with zero attached hydrogens (tertiary/aromatic N) is 1. The normalized spacial score (nSPS) is 19.1. The van der Waals surface area contributed by atoms with E-state index in [2.05, 4.69) is 0 Å². The maximum atomic E-state index is 12.7. The van der Waals surface area contributed by atoms with Gasteiger partial charge in [0.25, 0.3) is 0 Å². The average molecular weight is 386 g/mol. The Labute approximate surface area is 157 Å². The number of hydrogen-bond acceptors (Lipinski definition) is 5. The first-order valence-corrected chi connectivity index (χ1v) is 10.8. The molecule has 0 saturated heterocycles. The number of benzene rings is 1. The first-order valence-electron chi connectivity index (χ1n) is 9.18. The first kappa shape index (κ1) is 21.0. The molecule has 1 unspecified atom stereocenters. The van der Waals surface area contributed by atoms with Crippen LogP contribution in [0, 0.1) is 0 Å². The van der Waals surface area contributed by atoms with Crippen LogP contribution in [-0.4, -0.2) is 50.9 Å². The molecule has 1 aliphatic rings.